The van der Waals surface area contributed by atoms with E-state index in [1.165, 1.54) is 0 Å². The van der Waals surface area contributed by atoms with Gasteiger partial charge in [-0.3, -0.25) is 4.98 Å². The molecule has 4 nitrogen and oxygen atoms in total. The molecule has 0 aliphatic heterocycles. The Bertz CT molecular complexity index is 1080. The van der Waals surface area contributed by atoms with Gasteiger partial charge < -0.3 is 9.84 Å². The fraction of sp³-hybridized carbons (Fsp3) is 0.333. The van der Waals surface area contributed by atoms with Gasteiger partial charge in [0.25, 0.3) is 0 Å². The fourth-order valence-electron chi connectivity index (χ4n) is 3.83. The summed E-state index contributed by atoms with van der Waals surface area (Å²) >= 11 is 12.4. The second-order valence-corrected chi connectivity index (χ2v) is 8.87. The molecule has 0 aliphatic rings. The van der Waals surface area contributed by atoms with Gasteiger partial charge in [-0.15, -0.1) is 0 Å². The topological polar surface area (TPSA) is 59.4 Å². The number of benzene rings is 2. The molecule has 0 saturated heterocycles. The number of pyridine rings is 1. The first-order chi connectivity index (χ1) is 14.1. The van der Waals surface area contributed by atoms with Crippen LogP contribution in [0.4, 0.5) is 0 Å². The van der Waals surface area contributed by atoms with Crippen molar-refractivity contribution in [3.05, 3.63) is 63.8 Å². The predicted molar refractivity (Wildman–Crippen MR) is 122 cm³/mol. The van der Waals surface area contributed by atoms with Gasteiger partial charge in [0, 0.05) is 26.7 Å². The Hall–Kier alpha value is -2.14. The molecule has 2 aromatic carbocycles. The monoisotopic (exact) mass is 445 g/mol. The van der Waals surface area contributed by atoms with Crippen LogP contribution in [0.1, 0.15) is 51.0 Å². The lowest BCUT2D eigenvalue weighted by Gasteiger charge is -2.31. The molecular weight excluding hydrogens is 421 g/mol. The summed E-state index contributed by atoms with van der Waals surface area (Å²) in [7, 11) is 0. The van der Waals surface area contributed by atoms with E-state index in [4.69, 9.17) is 27.9 Å². The number of aromatic nitrogens is 1. The number of carboxylic acids is 1. The molecule has 0 fully saturated rings. The largest absolute Gasteiger partial charge is 0.479 e. The Morgan fingerprint density at radius 3 is 2.37 bits per heavy atom. The van der Waals surface area contributed by atoms with Crippen LogP contribution in [-0.2, 0) is 9.53 Å². The lowest BCUT2D eigenvalue weighted by molar-refractivity contribution is -0.163. The summed E-state index contributed by atoms with van der Waals surface area (Å²) in [5.41, 5.74) is 2.85. The minimum Gasteiger partial charge on any atom is -0.479 e. The van der Waals surface area contributed by atoms with Crippen molar-refractivity contribution in [1.82, 2.24) is 4.98 Å². The molecule has 0 radical (unpaired) electrons. The van der Waals surface area contributed by atoms with Gasteiger partial charge in [-0.1, -0.05) is 48.7 Å². The van der Waals surface area contributed by atoms with Gasteiger partial charge >= 0.3 is 5.97 Å². The second-order valence-electron chi connectivity index (χ2n) is 8.00. The van der Waals surface area contributed by atoms with Gasteiger partial charge in [0.05, 0.1) is 11.1 Å². The molecule has 6 heteroatoms. The maximum Gasteiger partial charge on any atom is 0.337 e. The number of hydrogen-bond donors (Lipinski definition) is 1. The number of rotatable bonds is 7. The Kier molecular flexibility index (Phi) is 6.71. The number of nitrogens with zero attached hydrogens (tertiary/aromatic N) is 1. The third-order valence-corrected chi connectivity index (χ3v) is 5.57. The zero-order chi connectivity index (χ0) is 22.1. The Morgan fingerprint density at radius 1 is 1.13 bits per heavy atom. The first-order valence-corrected chi connectivity index (χ1v) is 10.6. The van der Waals surface area contributed by atoms with E-state index in [1.54, 1.807) is 18.2 Å². The third-order valence-electron chi connectivity index (χ3n) is 5.08. The van der Waals surface area contributed by atoms with Crippen molar-refractivity contribution in [3.8, 4) is 11.1 Å². The molecule has 1 heterocycles. The van der Waals surface area contributed by atoms with Crippen LogP contribution >= 0.6 is 23.2 Å². The van der Waals surface area contributed by atoms with Crippen LogP contribution in [0.3, 0.4) is 0 Å². The van der Waals surface area contributed by atoms with Crippen LogP contribution < -0.4 is 0 Å². The normalized spacial score (nSPS) is 12.9. The van der Waals surface area contributed by atoms with Gasteiger partial charge in [0.2, 0.25) is 0 Å². The van der Waals surface area contributed by atoms with Gasteiger partial charge in [0.15, 0.2) is 6.10 Å². The number of aryl methyl sites for hydroxylation is 1. The number of carboxylic acid groups (broad SMARTS) is 1. The number of ether oxygens (including phenoxy) is 1. The summed E-state index contributed by atoms with van der Waals surface area (Å²) in [6, 6.07) is 12.7. The average Bonchev–Trinajstić information content (AvgIpc) is 2.66. The van der Waals surface area contributed by atoms with E-state index in [1.807, 2.05) is 52.0 Å². The molecule has 1 atom stereocenters. The van der Waals surface area contributed by atoms with E-state index >= 15 is 0 Å². The third kappa shape index (κ3) is 4.77. The average molecular weight is 446 g/mol. The number of fused-ring (bicyclic) bond motifs is 1. The maximum absolute atomic E-state index is 12.4. The summed E-state index contributed by atoms with van der Waals surface area (Å²) in [5, 5.41) is 12.0. The first kappa shape index (κ1) is 22.5. The van der Waals surface area contributed by atoms with Crippen molar-refractivity contribution in [2.75, 3.05) is 0 Å². The standard InChI is InChI=1S/C24H25Cl2NO3/c1-5-12-24(3,4)30-22(23(28)29)20-14(2)27-19-11-10-17(26)13-18(19)21(20)15-6-8-16(25)9-7-15/h6-11,13,22H,5,12H2,1-4H3,(H,28,29). The molecule has 158 valence electrons. The van der Waals surface area contributed by atoms with Crippen LogP contribution in [0, 0.1) is 6.92 Å². The van der Waals surface area contributed by atoms with E-state index in [0.717, 1.165) is 34.9 Å². The number of carbonyl (C=O) groups is 1. The zero-order valence-electron chi connectivity index (χ0n) is 17.5. The van der Waals surface area contributed by atoms with E-state index in [2.05, 4.69) is 4.98 Å². The molecule has 3 rings (SSSR count). The molecule has 3 aromatic rings. The van der Waals surface area contributed by atoms with E-state index in [-0.39, 0.29) is 0 Å². The summed E-state index contributed by atoms with van der Waals surface area (Å²) < 4.78 is 6.17. The van der Waals surface area contributed by atoms with Gasteiger partial charge in [-0.25, -0.2) is 4.79 Å². The van der Waals surface area contributed by atoms with Gasteiger partial charge in [-0.05, 0) is 68.7 Å². The summed E-state index contributed by atoms with van der Waals surface area (Å²) in [5.74, 6) is -1.05. The molecular formula is C24H25Cl2NO3. The molecule has 0 amide bonds. The quantitative estimate of drug-likeness (QED) is 0.416. The van der Waals surface area contributed by atoms with Crippen molar-refractivity contribution in [1.29, 1.82) is 0 Å². The molecule has 1 unspecified atom stereocenters. The van der Waals surface area contributed by atoms with Crippen molar-refractivity contribution in [2.24, 2.45) is 0 Å². The number of halogens is 2. The minimum atomic E-state index is -1.17. The summed E-state index contributed by atoms with van der Waals surface area (Å²) in [6.45, 7) is 7.68. The Balaban J connectivity index is 2.34. The molecule has 1 N–H and O–H groups in total. The van der Waals surface area contributed by atoms with Crippen LogP contribution in [-0.4, -0.2) is 21.7 Å². The van der Waals surface area contributed by atoms with Crippen molar-refractivity contribution < 1.29 is 14.6 Å². The summed E-state index contributed by atoms with van der Waals surface area (Å²) in [4.78, 5) is 17.0. The molecule has 0 aliphatic carbocycles. The van der Waals surface area contributed by atoms with Crippen molar-refractivity contribution in [3.63, 3.8) is 0 Å². The van der Waals surface area contributed by atoms with Gasteiger partial charge in [0.1, 0.15) is 0 Å². The number of hydrogen-bond acceptors (Lipinski definition) is 3. The van der Waals surface area contributed by atoms with Crippen LogP contribution in [0.5, 0.6) is 0 Å². The number of aliphatic carboxylic acids is 1. The molecule has 0 saturated carbocycles. The highest BCUT2D eigenvalue weighted by molar-refractivity contribution is 6.31. The van der Waals surface area contributed by atoms with Crippen LogP contribution in [0.15, 0.2) is 42.5 Å². The lowest BCUT2D eigenvalue weighted by atomic mass is 9.90. The fourth-order valence-corrected chi connectivity index (χ4v) is 4.13. The second kappa shape index (κ2) is 8.93. The Labute approximate surface area is 186 Å². The van der Waals surface area contributed by atoms with Crippen LogP contribution in [0.25, 0.3) is 22.0 Å². The minimum absolute atomic E-state index is 0.531. The molecule has 30 heavy (non-hydrogen) atoms. The molecule has 0 bridgehead atoms. The van der Waals surface area contributed by atoms with Crippen LogP contribution in [0.2, 0.25) is 10.0 Å². The van der Waals surface area contributed by atoms with E-state index < -0.39 is 17.7 Å². The zero-order valence-corrected chi connectivity index (χ0v) is 19.0. The SMILES string of the molecule is CCCC(C)(C)OC(C(=O)O)c1c(C)nc2ccc(Cl)cc2c1-c1ccc(Cl)cc1. The predicted octanol–water partition coefficient (Wildman–Crippen LogP) is 7.24. The maximum atomic E-state index is 12.4. The van der Waals surface area contributed by atoms with Crippen molar-refractivity contribution in [2.45, 2.75) is 52.2 Å². The highest BCUT2D eigenvalue weighted by Crippen LogP contribution is 2.40. The highest BCUT2D eigenvalue weighted by atomic mass is 35.5. The van der Waals surface area contributed by atoms with Gasteiger partial charge in [-0.2, -0.15) is 0 Å². The van der Waals surface area contributed by atoms with Crippen molar-refractivity contribution >= 4 is 40.1 Å². The smallest absolute Gasteiger partial charge is 0.337 e. The highest BCUT2D eigenvalue weighted by Gasteiger charge is 2.33. The molecule has 1 aromatic heterocycles. The van der Waals surface area contributed by atoms with E-state index in [0.29, 0.717) is 21.3 Å². The first-order valence-electron chi connectivity index (χ1n) is 9.89. The Morgan fingerprint density at radius 2 is 1.77 bits per heavy atom. The lowest BCUT2D eigenvalue weighted by Crippen LogP contribution is -2.31. The van der Waals surface area contributed by atoms with E-state index in [9.17, 15) is 9.90 Å². The molecule has 0 spiro atoms. The summed E-state index contributed by atoms with van der Waals surface area (Å²) in [6.07, 6.45) is 0.445.